The number of likely N-dealkylation sites (N-methyl/N-ethyl adjacent to an activating group) is 1. The fourth-order valence-electron chi connectivity index (χ4n) is 1.81. The maximum Gasteiger partial charge on any atom is 0.222 e. The largest absolute Gasteiger partial charge is 0.426 e. The van der Waals surface area contributed by atoms with E-state index in [4.69, 9.17) is 4.42 Å². The number of rotatable bonds is 6. The van der Waals surface area contributed by atoms with E-state index >= 15 is 0 Å². The van der Waals surface area contributed by atoms with Gasteiger partial charge in [-0.1, -0.05) is 0 Å². The monoisotopic (exact) mass is 274 g/mol. The fourth-order valence-corrected chi connectivity index (χ4v) is 1.81. The summed E-state index contributed by atoms with van der Waals surface area (Å²) in [6, 6.07) is 3.92. The van der Waals surface area contributed by atoms with Crippen molar-refractivity contribution in [2.24, 2.45) is 0 Å². The van der Waals surface area contributed by atoms with E-state index in [1.807, 2.05) is 19.2 Å². The number of pyridine rings is 1. The van der Waals surface area contributed by atoms with Crippen molar-refractivity contribution in [1.82, 2.24) is 20.1 Å². The van der Waals surface area contributed by atoms with Crippen LogP contribution in [-0.4, -0.2) is 39.6 Å². The van der Waals surface area contributed by atoms with Crippen LogP contribution in [0.25, 0.3) is 0 Å². The van der Waals surface area contributed by atoms with Crippen LogP contribution < -0.4 is 0 Å². The maximum atomic E-state index is 12.0. The Morgan fingerprint density at radius 2 is 2.00 bits per heavy atom. The minimum atomic E-state index is 0.0786. The van der Waals surface area contributed by atoms with Crippen molar-refractivity contribution in [3.8, 4) is 0 Å². The van der Waals surface area contributed by atoms with E-state index in [-0.39, 0.29) is 5.91 Å². The lowest BCUT2D eigenvalue weighted by Crippen LogP contribution is -2.29. The summed E-state index contributed by atoms with van der Waals surface area (Å²) in [7, 11) is 1.81. The van der Waals surface area contributed by atoms with Gasteiger partial charge in [0, 0.05) is 45.8 Å². The molecule has 0 atom stereocenters. The van der Waals surface area contributed by atoms with Crippen LogP contribution in [0.1, 0.15) is 23.8 Å². The van der Waals surface area contributed by atoms with Gasteiger partial charge in [-0.3, -0.25) is 9.78 Å². The summed E-state index contributed by atoms with van der Waals surface area (Å²) >= 11 is 0. The molecule has 0 fully saturated rings. The van der Waals surface area contributed by atoms with Gasteiger partial charge >= 0.3 is 0 Å². The molecule has 0 unspecified atom stereocenters. The molecule has 2 rings (SSSR count). The third kappa shape index (κ3) is 4.15. The summed E-state index contributed by atoms with van der Waals surface area (Å²) in [4.78, 5) is 17.7. The smallest absolute Gasteiger partial charge is 0.222 e. The minimum Gasteiger partial charge on any atom is -0.426 e. The molecule has 0 bridgehead atoms. The summed E-state index contributed by atoms with van der Waals surface area (Å²) in [6.45, 7) is 2.42. The lowest BCUT2D eigenvalue weighted by atomic mass is 10.2. The number of carbonyl (C=O) groups excluding carboxylic acids is 1. The van der Waals surface area contributed by atoms with Gasteiger partial charge in [-0.15, -0.1) is 10.2 Å². The van der Waals surface area contributed by atoms with Crippen LogP contribution in [0.15, 0.2) is 28.9 Å². The average Bonchev–Trinajstić information content (AvgIpc) is 2.89. The van der Waals surface area contributed by atoms with Crippen molar-refractivity contribution >= 4 is 5.91 Å². The van der Waals surface area contributed by atoms with E-state index in [1.165, 1.54) is 5.56 Å². The van der Waals surface area contributed by atoms with Gasteiger partial charge in [-0.2, -0.15) is 0 Å². The summed E-state index contributed by atoms with van der Waals surface area (Å²) < 4.78 is 5.24. The molecule has 6 nitrogen and oxygen atoms in total. The van der Waals surface area contributed by atoms with Gasteiger partial charge in [0.2, 0.25) is 17.7 Å². The highest BCUT2D eigenvalue weighted by Gasteiger charge is 2.11. The number of hydrogen-bond acceptors (Lipinski definition) is 5. The lowest BCUT2D eigenvalue weighted by molar-refractivity contribution is -0.129. The van der Waals surface area contributed by atoms with Crippen LogP contribution in [-0.2, 0) is 17.6 Å². The lowest BCUT2D eigenvalue weighted by Gasteiger charge is -2.16. The Morgan fingerprint density at radius 1 is 1.25 bits per heavy atom. The van der Waals surface area contributed by atoms with Crippen LogP contribution in [0.4, 0.5) is 0 Å². The molecular formula is C14H18N4O2. The van der Waals surface area contributed by atoms with Crippen LogP contribution in [0.2, 0.25) is 0 Å². The molecule has 0 aliphatic rings. The van der Waals surface area contributed by atoms with Gasteiger partial charge in [-0.05, 0) is 24.1 Å². The van der Waals surface area contributed by atoms with E-state index in [2.05, 4.69) is 15.2 Å². The first-order valence-electron chi connectivity index (χ1n) is 6.57. The van der Waals surface area contributed by atoms with E-state index in [0.717, 1.165) is 6.42 Å². The van der Waals surface area contributed by atoms with E-state index in [9.17, 15) is 4.79 Å². The molecule has 1 amide bonds. The second kappa shape index (κ2) is 6.79. The normalized spacial score (nSPS) is 10.5. The molecular weight excluding hydrogens is 256 g/mol. The molecule has 0 N–H and O–H groups in total. The highest BCUT2D eigenvalue weighted by Crippen LogP contribution is 2.04. The zero-order chi connectivity index (χ0) is 14.4. The zero-order valence-electron chi connectivity index (χ0n) is 11.7. The quantitative estimate of drug-likeness (QED) is 0.796. The molecule has 0 aliphatic carbocycles. The maximum absolute atomic E-state index is 12.0. The number of amides is 1. The number of hydrogen-bond donors (Lipinski definition) is 0. The SMILES string of the molecule is Cc1nnc(CCC(=O)N(C)CCc2ccncc2)o1. The third-order valence-corrected chi connectivity index (χ3v) is 3.03. The third-order valence-electron chi connectivity index (χ3n) is 3.03. The standard InChI is InChI=1S/C14H18N4O2/c1-11-16-17-13(20-11)3-4-14(19)18(2)10-7-12-5-8-15-9-6-12/h5-6,8-9H,3-4,7,10H2,1-2H3. The van der Waals surface area contributed by atoms with Gasteiger partial charge < -0.3 is 9.32 Å². The highest BCUT2D eigenvalue weighted by atomic mass is 16.4. The van der Waals surface area contributed by atoms with Crippen molar-refractivity contribution in [2.75, 3.05) is 13.6 Å². The van der Waals surface area contributed by atoms with Gasteiger partial charge in [0.15, 0.2) is 0 Å². The van der Waals surface area contributed by atoms with Crippen LogP contribution in [0.3, 0.4) is 0 Å². The molecule has 0 aliphatic heterocycles. The van der Waals surface area contributed by atoms with Crippen molar-refractivity contribution in [1.29, 1.82) is 0 Å². The van der Waals surface area contributed by atoms with Crippen LogP contribution in [0, 0.1) is 6.92 Å². The Morgan fingerprint density at radius 3 is 2.65 bits per heavy atom. The Bertz CT molecular complexity index is 553. The Hall–Kier alpha value is -2.24. The predicted molar refractivity (Wildman–Crippen MR) is 72.9 cm³/mol. The van der Waals surface area contributed by atoms with E-state index < -0.39 is 0 Å². The van der Waals surface area contributed by atoms with Gasteiger partial charge in [0.05, 0.1) is 0 Å². The van der Waals surface area contributed by atoms with Crippen molar-refractivity contribution in [3.05, 3.63) is 41.9 Å². The molecule has 106 valence electrons. The molecule has 20 heavy (non-hydrogen) atoms. The number of carbonyl (C=O) groups is 1. The van der Waals surface area contributed by atoms with Crippen LogP contribution >= 0.6 is 0 Å². The molecule has 2 heterocycles. The van der Waals surface area contributed by atoms with Gasteiger partial charge in [-0.25, -0.2) is 0 Å². The van der Waals surface area contributed by atoms with E-state index in [0.29, 0.717) is 31.2 Å². The highest BCUT2D eigenvalue weighted by molar-refractivity contribution is 5.76. The summed E-state index contributed by atoms with van der Waals surface area (Å²) in [5.41, 5.74) is 1.17. The predicted octanol–water partition coefficient (Wildman–Crippen LogP) is 1.41. The summed E-state index contributed by atoms with van der Waals surface area (Å²) in [5.74, 6) is 1.12. The summed E-state index contributed by atoms with van der Waals surface area (Å²) in [6.07, 6.45) is 5.21. The Labute approximate surface area is 117 Å². The molecule has 0 spiro atoms. The average molecular weight is 274 g/mol. The van der Waals surface area contributed by atoms with Gasteiger partial charge in [0.25, 0.3) is 0 Å². The first-order chi connectivity index (χ1) is 9.65. The number of aromatic nitrogens is 3. The second-order valence-electron chi connectivity index (χ2n) is 4.64. The van der Waals surface area contributed by atoms with Crippen molar-refractivity contribution in [3.63, 3.8) is 0 Å². The molecule has 0 aromatic carbocycles. The Balaban J connectivity index is 1.74. The molecule has 6 heteroatoms. The first kappa shape index (κ1) is 14.2. The molecule has 2 aromatic rings. The summed E-state index contributed by atoms with van der Waals surface area (Å²) in [5, 5.41) is 7.61. The molecule has 0 saturated heterocycles. The number of nitrogens with zero attached hydrogens (tertiary/aromatic N) is 4. The van der Waals surface area contributed by atoms with Crippen molar-refractivity contribution < 1.29 is 9.21 Å². The fraction of sp³-hybridized carbons (Fsp3) is 0.429. The Kier molecular flexibility index (Phi) is 4.81. The molecule has 0 radical (unpaired) electrons. The molecule has 2 aromatic heterocycles. The van der Waals surface area contributed by atoms with Gasteiger partial charge in [0.1, 0.15) is 0 Å². The topological polar surface area (TPSA) is 72.1 Å². The minimum absolute atomic E-state index is 0.0786. The molecule has 0 saturated carbocycles. The first-order valence-corrected chi connectivity index (χ1v) is 6.57. The second-order valence-corrected chi connectivity index (χ2v) is 4.64. The van der Waals surface area contributed by atoms with Crippen molar-refractivity contribution in [2.45, 2.75) is 26.2 Å². The van der Waals surface area contributed by atoms with E-state index in [1.54, 1.807) is 24.2 Å². The zero-order valence-corrected chi connectivity index (χ0v) is 11.7. The number of aryl methyl sites for hydroxylation is 2. The van der Waals surface area contributed by atoms with Crippen LogP contribution in [0.5, 0.6) is 0 Å².